The van der Waals surface area contributed by atoms with Gasteiger partial charge in [0.15, 0.2) is 12.3 Å². The van der Waals surface area contributed by atoms with E-state index >= 15 is 0 Å². The summed E-state index contributed by atoms with van der Waals surface area (Å²) in [7, 11) is 0. The highest BCUT2D eigenvalue weighted by Crippen LogP contribution is 2.42. The van der Waals surface area contributed by atoms with Crippen LogP contribution in [0.15, 0.2) is 83.3 Å². The van der Waals surface area contributed by atoms with Gasteiger partial charge in [0.05, 0.1) is 22.4 Å². The Balaban J connectivity index is 1.51. The highest BCUT2D eigenvalue weighted by atomic mass is 19.4. The molecular weight excluding hydrogens is 558 g/mol. The zero-order valence-electron chi connectivity index (χ0n) is 23.2. The minimum atomic E-state index is -4.46. The summed E-state index contributed by atoms with van der Waals surface area (Å²) in [6.45, 7) is 7.44. The van der Waals surface area contributed by atoms with Crippen LogP contribution in [0.4, 0.5) is 26.3 Å². The molecule has 2 aromatic carbocycles. The van der Waals surface area contributed by atoms with Gasteiger partial charge in [-0.1, -0.05) is 30.0 Å². The first-order valence-electron chi connectivity index (χ1n) is 13.1. The Kier molecular flexibility index (Phi) is 7.07. The van der Waals surface area contributed by atoms with E-state index in [-0.39, 0.29) is 24.2 Å². The molecule has 0 saturated heterocycles. The molecule has 5 rings (SSSR count). The molecule has 4 nitrogen and oxygen atoms in total. The van der Waals surface area contributed by atoms with Crippen LogP contribution in [-0.2, 0) is 30.2 Å². The summed E-state index contributed by atoms with van der Waals surface area (Å²) in [4.78, 5) is 13.6. The Morgan fingerprint density at radius 1 is 0.786 bits per heavy atom. The van der Waals surface area contributed by atoms with E-state index < -0.39 is 35.0 Å². The topological polar surface area (TPSA) is 48.1 Å². The van der Waals surface area contributed by atoms with Gasteiger partial charge in [-0.15, -0.1) is 0 Å². The monoisotopic (exact) mass is 584 g/mol. The summed E-state index contributed by atoms with van der Waals surface area (Å²) in [5.41, 5.74) is 3.29. The second-order valence-electron chi connectivity index (χ2n) is 10.6. The lowest BCUT2D eigenvalue weighted by atomic mass is 9.82. The molecule has 0 saturated carbocycles. The number of halogens is 6. The molecule has 2 heterocycles. The molecule has 0 N–H and O–H groups in total. The van der Waals surface area contributed by atoms with E-state index in [9.17, 15) is 36.2 Å². The molecule has 3 aromatic rings. The van der Waals surface area contributed by atoms with Gasteiger partial charge >= 0.3 is 12.4 Å². The van der Waals surface area contributed by atoms with Gasteiger partial charge < -0.3 is 9.67 Å². The third-order valence-corrected chi connectivity index (χ3v) is 7.61. The number of benzene rings is 2. The molecule has 1 aliphatic carbocycles. The van der Waals surface area contributed by atoms with Crippen LogP contribution in [0.1, 0.15) is 53.1 Å². The van der Waals surface area contributed by atoms with Gasteiger partial charge in [0, 0.05) is 41.9 Å². The molecule has 0 spiro atoms. The molecule has 1 aromatic heterocycles. The summed E-state index contributed by atoms with van der Waals surface area (Å²) in [6, 6.07) is 11.3. The van der Waals surface area contributed by atoms with Gasteiger partial charge in [-0.2, -0.15) is 30.9 Å². The van der Waals surface area contributed by atoms with E-state index in [0.717, 1.165) is 35.7 Å². The standard InChI is InChI=1S/C32H26F6N2O2/c1-17-13-19(3)39(15-21-5-9-23(10-6-21)31(33,34)35)27(17)25-29(41)26(30(25)42)28-18(2)14-20(4)40(28)16-22-7-11-24(12-8-22)32(36,37)38/h5-14H,15-16H2,1-4H3. The number of aryl methyl sites for hydroxylation is 2. The van der Waals surface area contributed by atoms with Gasteiger partial charge in [-0.05, 0) is 62.2 Å². The van der Waals surface area contributed by atoms with Crippen LogP contribution in [-0.4, -0.2) is 20.6 Å². The minimum absolute atomic E-state index is 0.00171. The molecule has 42 heavy (non-hydrogen) atoms. The van der Waals surface area contributed by atoms with Crippen LogP contribution in [0.5, 0.6) is 0 Å². The predicted octanol–water partition coefficient (Wildman–Crippen LogP) is 6.73. The first kappa shape index (κ1) is 29.2. The third-order valence-electron chi connectivity index (χ3n) is 7.61. The normalized spacial score (nSPS) is 17.8. The van der Waals surface area contributed by atoms with Gasteiger partial charge in [0.25, 0.3) is 0 Å². The molecule has 0 atom stereocenters. The van der Waals surface area contributed by atoms with E-state index in [2.05, 4.69) is 0 Å². The van der Waals surface area contributed by atoms with E-state index in [1.807, 2.05) is 12.1 Å². The van der Waals surface area contributed by atoms with Crippen LogP contribution in [0, 0.1) is 13.8 Å². The fraction of sp³-hybridized carbons (Fsp3) is 0.250. The first-order valence-corrected chi connectivity index (χ1v) is 13.1. The van der Waals surface area contributed by atoms with Crippen molar-refractivity contribution >= 4 is 17.1 Å². The van der Waals surface area contributed by atoms with Crippen molar-refractivity contribution in [2.24, 2.45) is 0 Å². The van der Waals surface area contributed by atoms with Crippen molar-refractivity contribution in [1.29, 1.82) is 0 Å². The van der Waals surface area contributed by atoms with Crippen molar-refractivity contribution in [2.45, 2.75) is 53.1 Å². The Hall–Kier alpha value is -4.34. The van der Waals surface area contributed by atoms with E-state index in [1.165, 1.54) is 24.3 Å². The molecular formula is C32H26F6N2O2. The number of rotatable bonds is 5. The zero-order chi connectivity index (χ0) is 30.7. The van der Waals surface area contributed by atoms with Gasteiger partial charge in [-0.25, -0.2) is 0 Å². The molecule has 2 aliphatic rings. The Morgan fingerprint density at radius 3 is 1.81 bits per heavy atom. The summed E-state index contributed by atoms with van der Waals surface area (Å²) < 4.78 is 81.6. The van der Waals surface area contributed by atoms with Crippen LogP contribution in [0.25, 0.3) is 5.57 Å². The van der Waals surface area contributed by atoms with Crippen molar-refractivity contribution in [1.82, 2.24) is 4.57 Å². The number of Topliss-reactive ketones (excluding diaryl/α,β-unsaturated/α-hetero) is 1. The maximum atomic E-state index is 13.6. The van der Waals surface area contributed by atoms with Crippen molar-refractivity contribution in [3.63, 3.8) is 0 Å². The lowest BCUT2D eigenvalue weighted by Crippen LogP contribution is -2.33. The molecule has 0 radical (unpaired) electrons. The Bertz CT molecular complexity index is 1730. The summed E-state index contributed by atoms with van der Waals surface area (Å²) in [5, 5.41) is 13.6. The second-order valence-corrected chi connectivity index (χ2v) is 10.6. The number of ketones is 1. The number of carbonyl (C=O) groups is 1. The highest BCUT2D eigenvalue weighted by molar-refractivity contribution is 6.39. The molecule has 0 bridgehead atoms. The zero-order valence-corrected chi connectivity index (χ0v) is 23.2. The summed E-state index contributed by atoms with van der Waals surface area (Å²) in [5.74, 6) is -0.908. The van der Waals surface area contributed by atoms with E-state index in [4.69, 9.17) is 0 Å². The number of hydrogen-bond donors (Lipinski definition) is 0. The van der Waals surface area contributed by atoms with E-state index in [0.29, 0.717) is 33.7 Å². The van der Waals surface area contributed by atoms with Crippen molar-refractivity contribution in [3.8, 4) is 0 Å². The van der Waals surface area contributed by atoms with Crippen molar-refractivity contribution in [3.05, 3.63) is 122 Å². The highest BCUT2D eigenvalue weighted by Gasteiger charge is 2.41. The maximum absolute atomic E-state index is 13.6. The third kappa shape index (κ3) is 5.10. The largest absolute Gasteiger partial charge is 0.871 e. The number of alkyl halides is 6. The fourth-order valence-electron chi connectivity index (χ4n) is 5.56. The molecule has 10 heteroatoms. The minimum Gasteiger partial charge on any atom is -0.871 e. The molecule has 0 fully saturated rings. The van der Waals surface area contributed by atoms with Gasteiger partial charge in [0.2, 0.25) is 11.5 Å². The number of hydrogen-bond acceptors (Lipinski definition) is 2. The number of aromatic nitrogens is 1. The van der Waals surface area contributed by atoms with Crippen LogP contribution < -0.4 is 5.11 Å². The van der Waals surface area contributed by atoms with Crippen LogP contribution in [0.3, 0.4) is 0 Å². The SMILES string of the molecule is CC1=CC(C)=[N+](Cc2ccc(C(F)(F)F)cc2)/C1=C1/C(=O)C(c2c(C)cc(C)n2Cc2ccc(C(F)(F)F)cc2)=C1[O-]. The van der Waals surface area contributed by atoms with Gasteiger partial charge in [0.1, 0.15) is 0 Å². The smallest absolute Gasteiger partial charge is 0.416 e. The molecule has 218 valence electrons. The Morgan fingerprint density at radius 2 is 1.31 bits per heavy atom. The first-order chi connectivity index (χ1) is 19.6. The quantitative estimate of drug-likeness (QED) is 0.190. The predicted molar refractivity (Wildman–Crippen MR) is 143 cm³/mol. The molecule has 0 amide bonds. The lowest BCUT2D eigenvalue weighted by molar-refractivity contribution is -0.488. The van der Waals surface area contributed by atoms with E-state index in [1.54, 1.807) is 36.8 Å². The van der Waals surface area contributed by atoms with Crippen molar-refractivity contribution in [2.75, 3.05) is 0 Å². The maximum Gasteiger partial charge on any atom is 0.416 e. The number of carbonyl (C=O) groups excluding carboxylic acids is 1. The van der Waals surface area contributed by atoms with Gasteiger partial charge in [-0.3, -0.25) is 4.79 Å². The van der Waals surface area contributed by atoms with Crippen LogP contribution in [0.2, 0.25) is 0 Å². The fourth-order valence-corrected chi connectivity index (χ4v) is 5.56. The van der Waals surface area contributed by atoms with Crippen LogP contribution >= 0.6 is 0 Å². The summed E-state index contributed by atoms with van der Waals surface area (Å²) >= 11 is 0. The average Bonchev–Trinajstić information content (AvgIpc) is 3.32. The second kappa shape index (κ2) is 10.2. The lowest BCUT2D eigenvalue weighted by Gasteiger charge is -2.32. The number of allylic oxidation sites excluding steroid dienone is 4. The number of nitrogens with zero attached hydrogens (tertiary/aromatic N) is 2. The average molecular weight is 585 g/mol. The Labute approximate surface area is 238 Å². The molecule has 1 aliphatic heterocycles. The summed E-state index contributed by atoms with van der Waals surface area (Å²) in [6.07, 6.45) is -7.11. The molecule has 0 unspecified atom stereocenters. The van der Waals surface area contributed by atoms with Crippen molar-refractivity contribution < 1.29 is 40.8 Å².